The molecule has 2 amide bonds. The standard InChI is InChI=1S/C26H39N5O3.C13H21NO.C2H6/c1-7-20(27)30-19-13-28-23(15(2)3)31-14-18(22(32)26(19,31)6)29-24(33)16-9-8-10-17-21(16)34-12-11-25(17,4)5;1-5-8-12(13(15)14-4)10-9-11(6-2)7-3;1-2/h8-10,18-19,22,28,32H,7,11-14H2,1-6H3,(H2,27,30)(H,29,33);6,8-10H,5,7H2,1-4H3,(H,14,15);1-2H3/p+1/b;10-9-,11-6-,12-8-;/t18-,19?,22-,26+;;/m1../s1. The highest BCUT2D eigenvalue weighted by molar-refractivity contribution is 5.98. The molecule has 2 saturated heterocycles. The van der Waals surface area contributed by atoms with Crippen LogP contribution in [0.1, 0.15) is 118 Å². The second-order valence-corrected chi connectivity index (χ2v) is 14.0. The summed E-state index contributed by atoms with van der Waals surface area (Å²) in [4.78, 5) is 30.5. The molecule has 0 saturated carbocycles. The lowest BCUT2D eigenvalue weighted by molar-refractivity contribution is -0.525. The maximum atomic E-state index is 13.5. The van der Waals surface area contributed by atoms with Crippen LogP contribution in [0, 0.1) is 0 Å². The van der Waals surface area contributed by atoms with Crippen molar-refractivity contribution >= 4 is 17.6 Å². The first-order valence-electron chi connectivity index (χ1n) is 18.8. The highest BCUT2D eigenvalue weighted by Gasteiger charge is 2.59. The Labute approximate surface area is 307 Å². The van der Waals surface area contributed by atoms with Crippen LogP contribution in [0.5, 0.6) is 5.75 Å². The van der Waals surface area contributed by atoms with Crippen molar-refractivity contribution in [3.8, 4) is 5.75 Å². The number of carbonyl (C=O) groups excluding carboxylic acids is 2. The van der Waals surface area contributed by atoms with E-state index in [0.717, 1.165) is 41.8 Å². The molecule has 1 unspecified atom stereocenters. The number of nitrogens with one attached hydrogen (secondary N) is 4. The van der Waals surface area contributed by atoms with Crippen molar-refractivity contribution in [1.82, 2.24) is 20.9 Å². The lowest BCUT2D eigenvalue weighted by Gasteiger charge is -2.47. The molecule has 284 valence electrons. The number of para-hydroxylation sites is 1. The van der Waals surface area contributed by atoms with E-state index in [1.54, 1.807) is 13.1 Å². The van der Waals surface area contributed by atoms with Gasteiger partial charge >= 0.3 is 0 Å². The predicted molar refractivity (Wildman–Crippen MR) is 210 cm³/mol. The summed E-state index contributed by atoms with van der Waals surface area (Å²) in [7, 11) is 1.65. The third-order valence-corrected chi connectivity index (χ3v) is 10.1. The Morgan fingerprint density at radius 2 is 1.82 bits per heavy atom. The lowest BCUT2D eigenvalue weighted by atomic mass is 9.79. The Morgan fingerprint density at radius 1 is 1.14 bits per heavy atom. The van der Waals surface area contributed by atoms with Crippen LogP contribution in [0.15, 0.2) is 65.0 Å². The van der Waals surface area contributed by atoms with Gasteiger partial charge in [-0.2, -0.15) is 0 Å². The average Bonchev–Trinajstić information content (AvgIpc) is 3.38. The Kier molecular flexibility index (Phi) is 16.5. The number of aliphatic hydroxyl groups is 1. The third-order valence-electron chi connectivity index (χ3n) is 10.1. The molecule has 4 rings (SSSR count). The molecular formula is C41H67N6O4+. The Bertz CT molecular complexity index is 1500. The number of ether oxygens (including phenoxy) is 1. The summed E-state index contributed by atoms with van der Waals surface area (Å²) in [6, 6.07) is 5.17. The highest BCUT2D eigenvalue weighted by Crippen LogP contribution is 2.41. The number of likely N-dealkylation sites (N-methyl/N-ethyl adjacent to an activating group) is 1. The molecule has 4 atom stereocenters. The summed E-state index contributed by atoms with van der Waals surface area (Å²) in [6.07, 6.45) is 10.5. The van der Waals surface area contributed by atoms with Crippen LogP contribution in [0.4, 0.5) is 0 Å². The van der Waals surface area contributed by atoms with Gasteiger partial charge in [0.1, 0.15) is 29.3 Å². The number of hydrogen-bond donors (Lipinski definition) is 6. The van der Waals surface area contributed by atoms with Gasteiger partial charge in [0.05, 0.1) is 24.8 Å². The number of aliphatic hydroxyl groups excluding tert-OH is 1. The van der Waals surface area contributed by atoms with Gasteiger partial charge in [-0.1, -0.05) is 84.4 Å². The monoisotopic (exact) mass is 708 g/mol. The van der Waals surface area contributed by atoms with Crippen molar-refractivity contribution in [1.29, 1.82) is 0 Å². The van der Waals surface area contributed by atoms with Crippen LogP contribution in [0.2, 0.25) is 0 Å². The molecule has 2 fully saturated rings. The zero-order valence-corrected chi connectivity index (χ0v) is 33.4. The molecule has 3 heterocycles. The van der Waals surface area contributed by atoms with Crippen LogP contribution in [-0.4, -0.2) is 78.1 Å². The molecule has 7 N–H and O–H groups in total. The zero-order valence-electron chi connectivity index (χ0n) is 33.4. The fraction of sp³-hybridized carbons (Fsp3) is 0.585. The summed E-state index contributed by atoms with van der Waals surface area (Å²) in [5.74, 6) is 2.08. The molecule has 3 aliphatic heterocycles. The lowest BCUT2D eigenvalue weighted by Crippen LogP contribution is -2.92. The molecule has 0 aliphatic carbocycles. The number of amides is 2. The molecule has 10 nitrogen and oxygen atoms in total. The SMILES string of the molecule is CC.CCC(N)=[NH+]C1CNC(=C(C)C)N2C[C@@H](NC(=O)c3cccc4c3OCCC4(C)C)[C@@H](O)[C@]12C.C\C=C(/C=C\C(=C\CC)C(=O)NC)CC. The van der Waals surface area contributed by atoms with E-state index in [2.05, 4.69) is 66.5 Å². The fourth-order valence-electron chi connectivity index (χ4n) is 6.79. The number of rotatable bonds is 9. The first-order chi connectivity index (χ1) is 24.2. The molecule has 0 radical (unpaired) electrons. The second-order valence-electron chi connectivity index (χ2n) is 14.0. The maximum absolute atomic E-state index is 13.5. The minimum atomic E-state index is -0.799. The Balaban J connectivity index is 0.000000448. The zero-order chi connectivity index (χ0) is 38.5. The number of amidine groups is 1. The summed E-state index contributed by atoms with van der Waals surface area (Å²) < 4.78 is 5.96. The van der Waals surface area contributed by atoms with E-state index in [9.17, 15) is 14.7 Å². The largest absolute Gasteiger partial charge is 0.492 e. The van der Waals surface area contributed by atoms with E-state index in [1.807, 2.05) is 71.9 Å². The maximum Gasteiger partial charge on any atom is 0.255 e. The van der Waals surface area contributed by atoms with E-state index in [-0.39, 0.29) is 23.3 Å². The van der Waals surface area contributed by atoms with E-state index in [4.69, 9.17) is 10.5 Å². The molecule has 3 aliphatic rings. The topological polar surface area (TPSA) is 143 Å². The Hall–Kier alpha value is -4.05. The molecule has 0 bridgehead atoms. The molecule has 0 aromatic heterocycles. The number of allylic oxidation sites excluding steroid dienone is 5. The van der Waals surface area contributed by atoms with Crippen molar-refractivity contribution in [2.24, 2.45) is 5.73 Å². The second kappa shape index (κ2) is 19.5. The number of fused-ring (bicyclic) bond motifs is 2. The van der Waals surface area contributed by atoms with E-state index < -0.39 is 17.7 Å². The number of nitrogens with two attached hydrogens (primary N) is 1. The van der Waals surface area contributed by atoms with Gasteiger partial charge in [-0.15, -0.1) is 0 Å². The van der Waals surface area contributed by atoms with Crippen molar-refractivity contribution < 1.29 is 24.4 Å². The number of carbonyl (C=O) groups is 2. The first kappa shape index (κ1) is 43.1. The van der Waals surface area contributed by atoms with E-state index in [1.165, 1.54) is 5.57 Å². The average molecular weight is 708 g/mol. The van der Waals surface area contributed by atoms with Crippen LogP contribution < -0.4 is 31.4 Å². The van der Waals surface area contributed by atoms with Crippen LogP contribution in [0.25, 0.3) is 0 Å². The van der Waals surface area contributed by atoms with E-state index >= 15 is 0 Å². The smallest absolute Gasteiger partial charge is 0.255 e. The molecule has 10 heteroatoms. The summed E-state index contributed by atoms with van der Waals surface area (Å²) in [6.45, 7) is 24.3. The third kappa shape index (κ3) is 10.1. The molecule has 0 spiro atoms. The van der Waals surface area contributed by atoms with Gasteiger partial charge in [0.2, 0.25) is 5.84 Å². The number of nitrogens with zero attached hydrogens (tertiary/aromatic N) is 1. The van der Waals surface area contributed by atoms with Crippen LogP contribution >= 0.6 is 0 Å². The minimum absolute atomic E-state index is 0.0281. The quantitative estimate of drug-likeness (QED) is 0.0970. The van der Waals surface area contributed by atoms with Crippen molar-refractivity contribution in [3.63, 3.8) is 0 Å². The van der Waals surface area contributed by atoms with Crippen molar-refractivity contribution in [3.05, 3.63) is 76.2 Å². The van der Waals surface area contributed by atoms with Crippen molar-refractivity contribution in [2.45, 2.75) is 131 Å². The van der Waals surface area contributed by atoms with Gasteiger partial charge in [0.15, 0.2) is 0 Å². The summed E-state index contributed by atoms with van der Waals surface area (Å²) in [5, 5.41) is 20.8. The van der Waals surface area contributed by atoms with Gasteiger partial charge in [-0.05, 0) is 70.1 Å². The molecular weight excluding hydrogens is 640 g/mol. The number of benzene rings is 1. The first-order valence-corrected chi connectivity index (χ1v) is 18.8. The van der Waals surface area contributed by atoms with E-state index in [0.29, 0.717) is 43.3 Å². The molecule has 1 aromatic rings. The Morgan fingerprint density at radius 3 is 2.39 bits per heavy atom. The van der Waals surface area contributed by atoms with Crippen LogP contribution in [0.3, 0.4) is 0 Å². The van der Waals surface area contributed by atoms with Gasteiger partial charge in [-0.3, -0.25) is 20.3 Å². The summed E-state index contributed by atoms with van der Waals surface area (Å²) in [5.41, 5.74) is 10.1. The predicted octanol–water partition coefficient (Wildman–Crippen LogP) is 4.36. The van der Waals surface area contributed by atoms with Gasteiger partial charge < -0.3 is 30.7 Å². The number of hydrogen-bond acceptors (Lipinski definition) is 6. The van der Waals surface area contributed by atoms with Gasteiger partial charge in [-0.25, -0.2) is 0 Å². The minimum Gasteiger partial charge on any atom is -0.492 e. The normalized spacial score (nSPS) is 24.1. The highest BCUT2D eigenvalue weighted by atomic mass is 16.5. The van der Waals surface area contributed by atoms with Gasteiger partial charge in [0, 0.05) is 31.1 Å². The van der Waals surface area contributed by atoms with Crippen molar-refractivity contribution in [2.75, 3.05) is 26.7 Å². The van der Waals surface area contributed by atoms with Gasteiger partial charge in [0.25, 0.3) is 11.8 Å². The van der Waals surface area contributed by atoms with Crippen LogP contribution in [-0.2, 0) is 10.2 Å². The molecule has 1 aromatic carbocycles. The summed E-state index contributed by atoms with van der Waals surface area (Å²) >= 11 is 0. The molecule has 51 heavy (non-hydrogen) atoms. The fourth-order valence-corrected chi connectivity index (χ4v) is 6.79.